The Morgan fingerprint density at radius 2 is 1.76 bits per heavy atom. The summed E-state index contributed by atoms with van der Waals surface area (Å²) >= 11 is 0. The normalized spacial score (nSPS) is 23.7. The Kier molecular flexibility index (Phi) is 4.94. The highest BCUT2D eigenvalue weighted by Gasteiger charge is 2.39. The van der Waals surface area contributed by atoms with Crippen LogP contribution in [0.4, 0.5) is 4.79 Å². The van der Waals surface area contributed by atoms with Crippen LogP contribution in [0, 0.1) is 0 Å². The number of amides is 1. The Balaban J connectivity index is 1.94. The van der Waals surface area contributed by atoms with E-state index in [2.05, 4.69) is 22.9 Å². The summed E-state index contributed by atoms with van der Waals surface area (Å²) in [6, 6.07) is 0. The largest absolute Gasteiger partial charge is 0.444 e. The molecule has 2 fully saturated rings. The van der Waals surface area contributed by atoms with E-state index in [0.29, 0.717) is 0 Å². The van der Waals surface area contributed by atoms with E-state index in [1.807, 2.05) is 25.7 Å². The van der Waals surface area contributed by atoms with Gasteiger partial charge in [0.05, 0.1) is 0 Å². The van der Waals surface area contributed by atoms with Crippen molar-refractivity contribution in [3.05, 3.63) is 12.7 Å². The van der Waals surface area contributed by atoms with Crippen LogP contribution in [0.1, 0.15) is 33.6 Å². The van der Waals surface area contributed by atoms with Gasteiger partial charge in [0.1, 0.15) is 5.60 Å². The molecule has 5 heteroatoms. The van der Waals surface area contributed by atoms with Crippen LogP contribution in [0.5, 0.6) is 0 Å². The molecule has 0 saturated carbocycles. The van der Waals surface area contributed by atoms with E-state index in [-0.39, 0.29) is 11.6 Å². The molecule has 1 amide bonds. The van der Waals surface area contributed by atoms with E-state index in [1.165, 1.54) is 0 Å². The molecule has 2 aliphatic heterocycles. The Hall–Kier alpha value is -1.07. The lowest BCUT2D eigenvalue weighted by Crippen LogP contribution is -2.59. The van der Waals surface area contributed by atoms with Crippen molar-refractivity contribution in [2.24, 2.45) is 0 Å². The van der Waals surface area contributed by atoms with Crippen LogP contribution in [0.25, 0.3) is 0 Å². The quantitative estimate of drug-likeness (QED) is 0.790. The third-order valence-corrected chi connectivity index (χ3v) is 4.41. The number of hydrogen-bond acceptors (Lipinski definition) is 4. The van der Waals surface area contributed by atoms with Crippen molar-refractivity contribution in [3.8, 4) is 0 Å². The van der Waals surface area contributed by atoms with Gasteiger partial charge in [0.2, 0.25) is 0 Å². The highest BCUT2D eigenvalue weighted by atomic mass is 16.6. The van der Waals surface area contributed by atoms with Crippen LogP contribution >= 0.6 is 0 Å². The number of ether oxygens (including phenoxy) is 1. The second kappa shape index (κ2) is 6.36. The Labute approximate surface area is 128 Å². The zero-order valence-corrected chi connectivity index (χ0v) is 13.7. The van der Waals surface area contributed by atoms with Crippen molar-refractivity contribution in [2.75, 3.05) is 39.3 Å². The molecule has 0 aromatic rings. The molecule has 2 aliphatic rings. The van der Waals surface area contributed by atoms with Crippen LogP contribution in [-0.2, 0) is 4.74 Å². The fraction of sp³-hybridized carbons (Fsp3) is 0.812. The fourth-order valence-electron chi connectivity index (χ4n) is 3.16. The molecule has 5 nitrogen and oxygen atoms in total. The van der Waals surface area contributed by atoms with Crippen LogP contribution in [0.15, 0.2) is 12.7 Å². The fourth-order valence-corrected chi connectivity index (χ4v) is 3.16. The first-order chi connectivity index (χ1) is 9.86. The van der Waals surface area contributed by atoms with Gasteiger partial charge in [-0.3, -0.25) is 4.90 Å². The molecule has 0 bridgehead atoms. The molecule has 0 aromatic carbocycles. The summed E-state index contributed by atoms with van der Waals surface area (Å²) < 4.78 is 5.46. The van der Waals surface area contributed by atoms with Gasteiger partial charge in [0.25, 0.3) is 0 Å². The molecule has 0 aromatic heterocycles. The number of piperidine rings is 1. The summed E-state index contributed by atoms with van der Waals surface area (Å²) in [4.78, 5) is 16.5. The zero-order chi connectivity index (χ0) is 15.5. The molecule has 120 valence electrons. The monoisotopic (exact) mass is 295 g/mol. The van der Waals surface area contributed by atoms with Crippen LogP contribution in [-0.4, -0.2) is 66.3 Å². The number of nitrogens with zero attached hydrogens (tertiary/aromatic N) is 2. The minimum absolute atomic E-state index is 0.0423. The van der Waals surface area contributed by atoms with Gasteiger partial charge in [-0.05, 0) is 33.6 Å². The maximum atomic E-state index is 12.1. The molecule has 0 radical (unpaired) electrons. The molecule has 1 N–H and O–H groups in total. The molecule has 2 saturated heterocycles. The van der Waals surface area contributed by atoms with Gasteiger partial charge in [-0.25, -0.2) is 4.79 Å². The standard InChI is InChI=1S/C16H29N3O2/c1-5-16(19-12-8-17-9-13-19)6-10-18(11-7-16)14(20)21-15(2,3)4/h5,17H,1,6-13H2,2-4H3. The molecule has 2 heterocycles. The number of rotatable bonds is 2. The van der Waals surface area contributed by atoms with E-state index in [4.69, 9.17) is 4.74 Å². The minimum atomic E-state index is -0.428. The Morgan fingerprint density at radius 1 is 1.19 bits per heavy atom. The summed E-state index contributed by atoms with van der Waals surface area (Å²) in [5, 5.41) is 3.39. The number of piperazine rings is 1. The number of carbonyl (C=O) groups excluding carboxylic acids is 1. The van der Waals surface area contributed by atoms with E-state index in [9.17, 15) is 4.79 Å². The predicted octanol–water partition coefficient (Wildman–Crippen LogP) is 1.85. The first-order valence-electron chi connectivity index (χ1n) is 7.94. The smallest absolute Gasteiger partial charge is 0.410 e. The first-order valence-corrected chi connectivity index (χ1v) is 7.94. The van der Waals surface area contributed by atoms with Crippen LogP contribution in [0.2, 0.25) is 0 Å². The maximum Gasteiger partial charge on any atom is 0.410 e. The third kappa shape index (κ3) is 3.98. The Morgan fingerprint density at radius 3 is 2.24 bits per heavy atom. The highest BCUT2D eigenvalue weighted by Crippen LogP contribution is 2.31. The summed E-state index contributed by atoms with van der Waals surface area (Å²) in [6.07, 6.45) is 3.77. The lowest BCUT2D eigenvalue weighted by molar-refractivity contribution is 0.00278. The second-order valence-corrected chi connectivity index (χ2v) is 7.01. The van der Waals surface area contributed by atoms with Gasteiger partial charge in [0, 0.05) is 44.8 Å². The van der Waals surface area contributed by atoms with Gasteiger partial charge >= 0.3 is 6.09 Å². The van der Waals surface area contributed by atoms with Gasteiger partial charge in [-0.1, -0.05) is 6.08 Å². The average molecular weight is 295 g/mol. The van der Waals surface area contributed by atoms with Crippen molar-refractivity contribution in [3.63, 3.8) is 0 Å². The summed E-state index contributed by atoms with van der Waals surface area (Å²) in [5.41, 5.74) is -0.386. The molecule has 0 atom stereocenters. The van der Waals surface area contributed by atoms with E-state index >= 15 is 0 Å². The summed E-state index contributed by atoms with van der Waals surface area (Å²) in [5.74, 6) is 0. The van der Waals surface area contributed by atoms with E-state index in [1.54, 1.807) is 0 Å². The van der Waals surface area contributed by atoms with Crippen molar-refractivity contribution >= 4 is 6.09 Å². The number of carbonyl (C=O) groups is 1. The lowest BCUT2D eigenvalue weighted by Gasteiger charge is -2.48. The van der Waals surface area contributed by atoms with Crippen LogP contribution in [0.3, 0.4) is 0 Å². The first kappa shape index (κ1) is 16.3. The Bertz CT molecular complexity index is 375. The highest BCUT2D eigenvalue weighted by molar-refractivity contribution is 5.68. The second-order valence-electron chi connectivity index (χ2n) is 7.01. The van der Waals surface area contributed by atoms with Crippen LogP contribution < -0.4 is 5.32 Å². The van der Waals surface area contributed by atoms with Crippen molar-refractivity contribution in [2.45, 2.75) is 44.8 Å². The molecule has 0 aliphatic carbocycles. The molecule has 2 rings (SSSR count). The van der Waals surface area contributed by atoms with Gasteiger partial charge < -0.3 is 15.0 Å². The topological polar surface area (TPSA) is 44.8 Å². The minimum Gasteiger partial charge on any atom is -0.444 e. The van der Waals surface area contributed by atoms with Gasteiger partial charge in [-0.2, -0.15) is 0 Å². The molecular weight excluding hydrogens is 266 g/mol. The number of likely N-dealkylation sites (tertiary alicyclic amines) is 1. The average Bonchev–Trinajstić information content (AvgIpc) is 2.46. The molecule has 0 spiro atoms. The summed E-state index contributed by atoms with van der Waals surface area (Å²) in [7, 11) is 0. The lowest BCUT2D eigenvalue weighted by atomic mass is 9.85. The third-order valence-electron chi connectivity index (χ3n) is 4.41. The van der Waals surface area contributed by atoms with E-state index < -0.39 is 5.60 Å². The van der Waals surface area contributed by atoms with Gasteiger partial charge in [0.15, 0.2) is 0 Å². The summed E-state index contributed by atoms with van der Waals surface area (Å²) in [6.45, 7) is 15.4. The molecule has 21 heavy (non-hydrogen) atoms. The maximum absolute atomic E-state index is 12.1. The van der Waals surface area contributed by atoms with Crippen molar-refractivity contribution in [1.29, 1.82) is 0 Å². The molecule has 0 unspecified atom stereocenters. The predicted molar refractivity (Wildman–Crippen MR) is 84.4 cm³/mol. The zero-order valence-electron chi connectivity index (χ0n) is 13.7. The SMILES string of the molecule is C=CC1(N2CCNCC2)CCN(C(=O)OC(C)(C)C)CC1. The van der Waals surface area contributed by atoms with E-state index in [0.717, 1.165) is 52.1 Å². The number of hydrogen-bond donors (Lipinski definition) is 1. The van der Waals surface area contributed by atoms with Gasteiger partial charge in [-0.15, -0.1) is 6.58 Å². The molecular formula is C16H29N3O2. The van der Waals surface area contributed by atoms with Crippen molar-refractivity contribution in [1.82, 2.24) is 15.1 Å². The number of nitrogens with one attached hydrogen (secondary N) is 1. The van der Waals surface area contributed by atoms with Crippen molar-refractivity contribution < 1.29 is 9.53 Å².